The lowest BCUT2D eigenvalue weighted by Crippen LogP contribution is -2.27. The highest BCUT2D eigenvalue weighted by Gasteiger charge is 2.30. The Morgan fingerprint density at radius 3 is 2.73 bits per heavy atom. The number of rotatable bonds is 6. The Hall–Kier alpha value is -1.47. The minimum Gasteiger partial charge on any atom is -0.355 e. The maximum absolute atomic E-state index is 12.6. The van der Waals surface area contributed by atoms with Crippen molar-refractivity contribution in [3.8, 4) is 0 Å². The van der Waals surface area contributed by atoms with Crippen molar-refractivity contribution in [1.29, 1.82) is 0 Å². The first kappa shape index (κ1) is 16.9. The normalized spacial score (nSPS) is 11.4. The molecule has 2 aromatic rings. The van der Waals surface area contributed by atoms with Gasteiger partial charge in [-0.25, -0.2) is 0 Å². The summed E-state index contributed by atoms with van der Waals surface area (Å²) in [6, 6.07) is 8.94. The van der Waals surface area contributed by atoms with Crippen LogP contribution in [0.5, 0.6) is 0 Å². The fourth-order valence-electron chi connectivity index (χ4n) is 1.74. The van der Waals surface area contributed by atoms with E-state index in [4.69, 9.17) is 0 Å². The minimum absolute atomic E-state index is 0.103. The Bertz CT molecular complexity index is 612. The van der Waals surface area contributed by atoms with Crippen molar-refractivity contribution < 1.29 is 18.0 Å². The molecule has 0 aliphatic carbocycles. The predicted octanol–water partition coefficient (Wildman–Crippen LogP) is 4.22. The molecule has 7 heteroatoms. The van der Waals surface area contributed by atoms with Crippen LogP contribution in [0.3, 0.4) is 0 Å². The zero-order valence-electron chi connectivity index (χ0n) is 11.5. The molecular formula is C15H14F3NOS2. The summed E-state index contributed by atoms with van der Waals surface area (Å²) in [5, 5.41) is 4.73. The highest BCUT2D eigenvalue weighted by Crippen LogP contribution is 2.31. The number of halogens is 3. The Morgan fingerprint density at radius 1 is 1.23 bits per heavy atom. The highest BCUT2D eigenvalue weighted by molar-refractivity contribution is 8.00. The van der Waals surface area contributed by atoms with Gasteiger partial charge in [-0.05, 0) is 36.1 Å². The summed E-state index contributed by atoms with van der Waals surface area (Å²) < 4.78 is 37.7. The Balaban J connectivity index is 1.76. The number of thiophene rings is 1. The molecule has 0 saturated heterocycles. The van der Waals surface area contributed by atoms with Gasteiger partial charge >= 0.3 is 6.18 Å². The molecule has 1 amide bonds. The second kappa shape index (κ2) is 7.69. The number of hydrogen-bond acceptors (Lipinski definition) is 3. The van der Waals surface area contributed by atoms with Crippen molar-refractivity contribution in [2.24, 2.45) is 0 Å². The maximum Gasteiger partial charge on any atom is 0.416 e. The van der Waals surface area contributed by atoms with Crippen molar-refractivity contribution in [3.63, 3.8) is 0 Å². The van der Waals surface area contributed by atoms with E-state index >= 15 is 0 Å². The third-order valence-corrected chi connectivity index (χ3v) is 4.73. The van der Waals surface area contributed by atoms with Crippen LogP contribution in [-0.4, -0.2) is 18.2 Å². The molecule has 1 aromatic carbocycles. The fourth-order valence-corrected chi connectivity index (χ4v) is 3.24. The van der Waals surface area contributed by atoms with E-state index in [1.54, 1.807) is 17.4 Å². The summed E-state index contributed by atoms with van der Waals surface area (Å²) in [4.78, 5) is 13.3. The first-order valence-electron chi connectivity index (χ1n) is 6.54. The minimum atomic E-state index is -4.36. The SMILES string of the molecule is O=C(CSc1cccc(C(F)(F)F)c1)NCCc1cccs1. The largest absolute Gasteiger partial charge is 0.416 e. The maximum atomic E-state index is 12.6. The van der Waals surface area contributed by atoms with Crippen molar-refractivity contribution in [2.75, 3.05) is 12.3 Å². The molecule has 0 spiro atoms. The Morgan fingerprint density at radius 2 is 2.05 bits per heavy atom. The van der Waals surface area contributed by atoms with Crippen LogP contribution in [-0.2, 0) is 17.4 Å². The number of alkyl halides is 3. The molecule has 0 aliphatic heterocycles. The lowest BCUT2D eigenvalue weighted by Gasteiger charge is -2.08. The molecule has 1 aromatic heterocycles. The van der Waals surface area contributed by atoms with Crippen LogP contribution >= 0.6 is 23.1 Å². The summed E-state index contributed by atoms with van der Waals surface area (Å²) in [5.74, 6) is -0.0786. The van der Waals surface area contributed by atoms with Gasteiger partial charge in [-0.3, -0.25) is 4.79 Å². The second-order valence-electron chi connectivity index (χ2n) is 4.49. The predicted molar refractivity (Wildman–Crippen MR) is 83.2 cm³/mol. The summed E-state index contributed by atoms with van der Waals surface area (Å²) in [6.07, 6.45) is -3.60. The highest BCUT2D eigenvalue weighted by atomic mass is 32.2. The Labute approximate surface area is 134 Å². The average Bonchev–Trinajstić information content (AvgIpc) is 2.98. The molecular weight excluding hydrogens is 331 g/mol. The van der Waals surface area contributed by atoms with Crippen LogP contribution in [0.2, 0.25) is 0 Å². The first-order valence-corrected chi connectivity index (χ1v) is 8.41. The van der Waals surface area contributed by atoms with Gasteiger partial charge in [0.1, 0.15) is 0 Å². The smallest absolute Gasteiger partial charge is 0.355 e. The number of thioether (sulfide) groups is 1. The van der Waals surface area contributed by atoms with E-state index in [1.807, 2.05) is 17.5 Å². The van der Waals surface area contributed by atoms with Crippen molar-refractivity contribution in [2.45, 2.75) is 17.5 Å². The zero-order chi connectivity index (χ0) is 16.0. The van der Waals surface area contributed by atoms with Gasteiger partial charge < -0.3 is 5.32 Å². The van der Waals surface area contributed by atoms with Gasteiger partial charge in [0.2, 0.25) is 5.91 Å². The quantitative estimate of drug-likeness (QED) is 0.795. The molecule has 0 bridgehead atoms. The third kappa shape index (κ3) is 5.38. The molecule has 22 heavy (non-hydrogen) atoms. The van der Waals surface area contributed by atoms with Gasteiger partial charge in [-0.2, -0.15) is 13.2 Å². The second-order valence-corrected chi connectivity index (χ2v) is 6.57. The van der Waals surface area contributed by atoms with Gasteiger partial charge in [0.05, 0.1) is 11.3 Å². The van der Waals surface area contributed by atoms with Crippen molar-refractivity contribution >= 4 is 29.0 Å². The summed E-state index contributed by atoms with van der Waals surface area (Å²) >= 11 is 2.72. The molecule has 0 aliphatic rings. The number of carbonyl (C=O) groups is 1. The number of nitrogens with one attached hydrogen (secondary N) is 1. The molecule has 0 atom stereocenters. The number of carbonyl (C=O) groups excluding carboxylic acids is 1. The molecule has 0 radical (unpaired) electrons. The zero-order valence-corrected chi connectivity index (χ0v) is 13.2. The van der Waals surface area contributed by atoms with Gasteiger partial charge in [0, 0.05) is 16.3 Å². The first-order chi connectivity index (χ1) is 10.4. The lowest BCUT2D eigenvalue weighted by molar-refractivity contribution is -0.137. The Kier molecular flexibility index (Phi) is 5.90. The average molecular weight is 345 g/mol. The van der Waals surface area contributed by atoms with Crippen LogP contribution in [0.15, 0.2) is 46.7 Å². The van der Waals surface area contributed by atoms with Crippen LogP contribution in [0, 0.1) is 0 Å². The number of benzene rings is 1. The van der Waals surface area contributed by atoms with Crippen molar-refractivity contribution in [1.82, 2.24) is 5.32 Å². The van der Waals surface area contributed by atoms with E-state index in [-0.39, 0.29) is 11.7 Å². The van der Waals surface area contributed by atoms with Crippen LogP contribution in [0.1, 0.15) is 10.4 Å². The summed E-state index contributed by atoms with van der Waals surface area (Å²) in [5.41, 5.74) is -0.699. The van der Waals surface area contributed by atoms with E-state index in [1.165, 1.54) is 10.9 Å². The van der Waals surface area contributed by atoms with Gasteiger partial charge in [0.25, 0.3) is 0 Å². The van der Waals surface area contributed by atoms with E-state index in [0.29, 0.717) is 11.4 Å². The lowest BCUT2D eigenvalue weighted by atomic mass is 10.2. The summed E-state index contributed by atoms with van der Waals surface area (Å²) in [7, 11) is 0. The number of hydrogen-bond donors (Lipinski definition) is 1. The van der Waals surface area contributed by atoms with Gasteiger partial charge in [-0.15, -0.1) is 23.1 Å². The van der Waals surface area contributed by atoms with Crippen LogP contribution in [0.4, 0.5) is 13.2 Å². The van der Waals surface area contributed by atoms with E-state index < -0.39 is 11.7 Å². The van der Waals surface area contributed by atoms with Gasteiger partial charge in [-0.1, -0.05) is 12.1 Å². The van der Waals surface area contributed by atoms with E-state index in [2.05, 4.69) is 5.32 Å². The number of amides is 1. The van der Waals surface area contributed by atoms with Crippen molar-refractivity contribution in [3.05, 3.63) is 52.2 Å². The molecule has 2 nitrogen and oxygen atoms in total. The van der Waals surface area contributed by atoms with E-state index in [9.17, 15) is 18.0 Å². The molecule has 0 saturated carbocycles. The topological polar surface area (TPSA) is 29.1 Å². The molecule has 0 unspecified atom stereocenters. The van der Waals surface area contributed by atoms with Crippen LogP contribution in [0.25, 0.3) is 0 Å². The molecule has 2 rings (SSSR count). The third-order valence-electron chi connectivity index (χ3n) is 2.80. The molecule has 1 heterocycles. The molecule has 1 N–H and O–H groups in total. The molecule has 0 fully saturated rings. The summed E-state index contributed by atoms with van der Waals surface area (Å²) in [6.45, 7) is 0.530. The monoisotopic (exact) mass is 345 g/mol. The fraction of sp³-hybridized carbons (Fsp3) is 0.267. The van der Waals surface area contributed by atoms with Crippen LogP contribution < -0.4 is 5.32 Å². The van der Waals surface area contributed by atoms with Gasteiger partial charge in [0.15, 0.2) is 0 Å². The standard InChI is InChI=1S/C15H14F3NOS2/c16-15(17,18)11-3-1-4-13(9-11)22-10-14(20)19-7-6-12-5-2-8-21-12/h1-5,8-9H,6-7,10H2,(H,19,20). The molecule has 118 valence electrons. The van der Waals surface area contributed by atoms with E-state index in [0.717, 1.165) is 30.3 Å².